The van der Waals surface area contributed by atoms with E-state index in [0.29, 0.717) is 6.04 Å². The van der Waals surface area contributed by atoms with Crippen molar-refractivity contribution in [1.82, 2.24) is 5.32 Å². The van der Waals surface area contributed by atoms with Crippen molar-refractivity contribution in [3.8, 4) is 0 Å². The summed E-state index contributed by atoms with van der Waals surface area (Å²) in [4.78, 5) is 0.994. The van der Waals surface area contributed by atoms with Gasteiger partial charge in [-0.2, -0.15) is 0 Å². The molecule has 0 aliphatic rings. The lowest BCUT2D eigenvalue weighted by Gasteiger charge is -2.15. The van der Waals surface area contributed by atoms with Crippen molar-refractivity contribution in [2.75, 3.05) is 12.3 Å². The molecule has 1 aromatic rings. The summed E-state index contributed by atoms with van der Waals surface area (Å²) in [7, 11) is -0.845. The quantitative estimate of drug-likeness (QED) is 0.783. The Kier molecular flexibility index (Phi) is 7.21. The molecule has 1 N–H and O–H groups in total. The van der Waals surface area contributed by atoms with Crippen LogP contribution in [0.2, 0.25) is 0 Å². The smallest absolute Gasteiger partial charge is 0.0532 e. The summed E-state index contributed by atoms with van der Waals surface area (Å²) in [5.74, 6) is 0.771. The van der Waals surface area contributed by atoms with Gasteiger partial charge in [0.1, 0.15) is 0 Å². The lowest BCUT2D eigenvalue weighted by atomic mass is 10.1. The van der Waals surface area contributed by atoms with E-state index in [9.17, 15) is 4.21 Å². The molecule has 0 saturated heterocycles. The molecule has 0 saturated carbocycles. The Bertz CT molecular complexity index is 379. The maximum absolute atomic E-state index is 12.2. The maximum atomic E-state index is 12.2. The molecule has 0 spiro atoms. The van der Waals surface area contributed by atoms with Crippen LogP contribution < -0.4 is 5.32 Å². The Hall–Kier alpha value is -0.670. The van der Waals surface area contributed by atoms with Crippen LogP contribution in [-0.4, -0.2) is 22.5 Å². The highest BCUT2D eigenvalue weighted by Crippen LogP contribution is 2.14. The second kappa shape index (κ2) is 8.44. The standard InChI is InChI=1S/C15H25NOS/c1-4-14(16-5-2)10-8-12-18(17)15-11-7-6-9-13(15)3/h6-7,9,11,14,16H,4-5,8,10,12H2,1-3H3. The Morgan fingerprint density at radius 3 is 2.61 bits per heavy atom. The third kappa shape index (κ3) is 4.91. The summed E-state index contributed by atoms with van der Waals surface area (Å²) in [5.41, 5.74) is 1.13. The summed E-state index contributed by atoms with van der Waals surface area (Å²) in [5, 5.41) is 3.46. The van der Waals surface area contributed by atoms with Crippen LogP contribution in [-0.2, 0) is 10.8 Å². The van der Waals surface area contributed by atoms with Crippen LogP contribution in [0, 0.1) is 6.92 Å². The highest BCUT2D eigenvalue weighted by atomic mass is 32.2. The van der Waals surface area contributed by atoms with Crippen molar-refractivity contribution >= 4 is 10.8 Å². The Balaban J connectivity index is 2.40. The fraction of sp³-hybridized carbons (Fsp3) is 0.600. The van der Waals surface area contributed by atoms with Gasteiger partial charge < -0.3 is 5.32 Å². The SMILES string of the molecule is CCNC(CC)CCCS(=O)c1ccccc1C. The largest absolute Gasteiger partial charge is 0.314 e. The molecule has 0 heterocycles. The van der Waals surface area contributed by atoms with Crippen molar-refractivity contribution in [2.45, 2.75) is 51.0 Å². The summed E-state index contributed by atoms with van der Waals surface area (Å²) >= 11 is 0. The van der Waals surface area contributed by atoms with Gasteiger partial charge in [0.05, 0.1) is 10.8 Å². The summed E-state index contributed by atoms with van der Waals surface area (Å²) in [6.07, 6.45) is 3.28. The number of hydrogen-bond acceptors (Lipinski definition) is 2. The molecular weight excluding hydrogens is 242 g/mol. The van der Waals surface area contributed by atoms with Gasteiger partial charge in [0.2, 0.25) is 0 Å². The van der Waals surface area contributed by atoms with E-state index in [1.165, 1.54) is 0 Å². The highest BCUT2D eigenvalue weighted by molar-refractivity contribution is 7.85. The van der Waals surface area contributed by atoms with Gasteiger partial charge in [-0.05, 0) is 44.4 Å². The zero-order valence-electron chi connectivity index (χ0n) is 11.7. The van der Waals surface area contributed by atoms with Crippen molar-refractivity contribution in [3.05, 3.63) is 29.8 Å². The second-order valence-electron chi connectivity index (χ2n) is 4.62. The van der Waals surface area contributed by atoms with E-state index in [1.54, 1.807) is 0 Å². The van der Waals surface area contributed by atoms with Crippen LogP contribution in [0.3, 0.4) is 0 Å². The Morgan fingerprint density at radius 1 is 1.28 bits per heavy atom. The average molecular weight is 267 g/mol. The Morgan fingerprint density at radius 2 is 2.00 bits per heavy atom. The number of benzene rings is 1. The predicted octanol–water partition coefficient (Wildman–Crippen LogP) is 3.27. The van der Waals surface area contributed by atoms with Crippen molar-refractivity contribution in [2.24, 2.45) is 0 Å². The van der Waals surface area contributed by atoms with E-state index in [-0.39, 0.29) is 0 Å². The van der Waals surface area contributed by atoms with Crippen LogP contribution in [0.5, 0.6) is 0 Å². The molecule has 2 unspecified atom stereocenters. The molecule has 0 fully saturated rings. The first-order valence-electron chi connectivity index (χ1n) is 6.86. The maximum Gasteiger partial charge on any atom is 0.0532 e. The topological polar surface area (TPSA) is 29.1 Å². The zero-order valence-corrected chi connectivity index (χ0v) is 12.6. The number of rotatable bonds is 8. The molecule has 2 nitrogen and oxygen atoms in total. The van der Waals surface area contributed by atoms with Crippen LogP contribution in [0.1, 0.15) is 38.7 Å². The predicted molar refractivity (Wildman–Crippen MR) is 79.4 cm³/mol. The van der Waals surface area contributed by atoms with Crippen molar-refractivity contribution in [3.63, 3.8) is 0 Å². The molecule has 0 radical (unpaired) electrons. The van der Waals surface area contributed by atoms with Gasteiger partial charge in [0.15, 0.2) is 0 Å². The van der Waals surface area contributed by atoms with Gasteiger partial charge in [0, 0.05) is 16.7 Å². The zero-order chi connectivity index (χ0) is 13.4. The van der Waals surface area contributed by atoms with Crippen LogP contribution in [0.25, 0.3) is 0 Å². The van der Waals surface area contributed by atoms with E-state index in [1.807, 2.05) is 31.2 Å². The lowest BCUT2D eigenvalue weighted by molar-refractivity contribution is 0.476. The molecule has 2 atom stereocenters. The first kappa shape index (κ1) is 15.4. The van der Waals surface area contributed by atoms with Crippen molar-refractivity contribution < 1.29 is 4.21 Å². The third-order valence-corrected chi connectivity index (χ3v) is 4.81. The molecule has 0 bridgehead atoms. The molecule has 102 valence electrons. The third-order valence-electron chi connectivity index (χ3n) is 3.21. The molecule has 0 aliphatic carbocycles. The minimum atomic E-state index is -0.845. The van der Waals surface area contributed by atoms with E-state index in [2.05, 4.69) is 19.2 Å². The molecule has 3 heteroatoms. The summed E-state index contributed by atoms with van der Waals surface area (Å²) in [6, 6.07) is 8.54. The second-order valence-corrected chi connectivity index (χ2v) is 6.16. The molecule has 1 aromatic carbocycles. The Labute approximate surface area is 114 Å². The van der Waals surface area contributed by atoms with Gasteiger partial charge in [-0.3, -0.25) is 4.21 Å². The fourth-order valence-electron chi connectivity index (χ4n) is 2.12. The van der Waals surface area contributed by atoms with Gasteiger partial charge in [-0.25, -0.2) is 0 Å². The van der Waals surface area contributed by atoms with Crippen molar-refractivity contribution in [1.29, 1.82) is 0 Å². The number of aryl methyl sites for hydroxylation is 1. The van der Waals surface area contributed by atoms with Crippen LogP contribution >= 0.6 is 0 Å². The normalized spacial score (nSPS) is 14.4. The first-order chi connectivity index (χ1) is 8.69. The summed E-state index contributed by atoms with van der Waals surface area (Å²) in [6.45, 7) is 7.37. The van der Waals surface area contributed by atoms with Crippen LogP contribution in [0.15, 0.2) is 29.2 Å². The van der Waals surface area contributed by atoms with Gasteiger partial charge in [-0.15, -0.1) is 0 Å². The lowest BCUT2D eigenvalue weighted by Crippen LogP contribution is -2.28. The number of nitrogens with one attached hydrogen (secondary N) is 1. The highest BCUT2D eigenvalue weighted by Gasteiger charge is 2.08. The molecule has 18 heavy (non-hydrogen) atoms. The van der Waals surface area contributed by atoms with Crippen LogP contribution in [0.4, 0.5) is 0 Å². The molecular formula is C15H25NOS. The summed E-state index contributed by atoms with van der Waals surface area (Å²) < 4.78 is 12.2. The minimum Gasteiger partial charge on any atom is -0.314 e. The van der Waals surface area contributed by atoms with E-state index >= 15 is 0 Å². The van der Waals surface area contributed by atoms with E-state index < -0.39 is 10.8 Å². The average Bonchev–Trinajstić information content (AvgIpc) is 2.38. The molecule has 0 aromatic heterocycles. The molecule has 0 amide bonds. The first-order valence-corrected chi connectivity index (χ1v) is 8.18. The van der Waals surface area contributed by atoms with Gasteiger partial charge in [-0.1, -0.05) is 32.0 Å². The monoisotopic (exact) mass is 267 g/mol. The fourth-order valence-corrected chi connectivity index (χ4v) is 3.43. The molecule has 1 rings (SSSR count). The van der Waals surface area contributed by atoms with E-state index in [0.717, 1.165) is 42.0 Å². The number of hydrogen-bond donors (Lipinski definition) is 1. The molecule has 0 aliphatic heterocycles. The van der Waals surface area contributed by atoms with Gasteiger partial charge in [0.25, 0.3) is 0 Å². The minimum absolute atomic E-state index is 0.573. The van der Waals surface area contributed by atoms with Gasteiger partial charge >= 0.3 is 0 Å². The van der Waals surface area contributed by atoms with E-state index in [4.69, 9.17) is 0 Å².